The number of ether oxygens (including phenoxy) is 1. The van der Waals surface area contributed by atoms with Crippen molar-refractivity contribution in [1.82, 2.24) is 14.4 Å². The number of morpholine rings is 1. The van der Waals surface area contributed by atoms with E-state index < -0.39 is 6.10 Å². The lowest BCUT2D eigenvalue weighted by Crippen LogP contribution is -2.43. The Morgan fingerprint density at radius 3 is 2.71 bits per heavy atom. The average molecular weight is 410 g/mol. The van der Waals surface area contributed by atoms with Gasteiger partial charge in [0.25, 0.3) is 0 Å². The Bertz CT molecular complexity index is 721. The van der Waals surface area contributed by atoms with Crippen LogP contribution in [0.1, 0.15) is 11.3 Å². The first kappa shape index (κ1) is 21.3. The van der Waals surface area contributed by atoms with Gasteiger partial charge in [0, 0.05) is 62.6 Å². The van der Waals surface area contributed by atoms with Gasteiger partial charge in [-0.3, -0.25) is 9.80 Å². The van der Waals surface area contributed by atoms with Gasteiger partial charge in [-0.25, -0.2) is 4.39 Å². The number of aromatic nitrogens is 1. The van der Waals surface area contributed by atoms with Gasteiger partial charge in [0.1, 0.15) is 5.82 Å². The standard InChI is InChI=1S/C21H29ClFN3O2/c22-14-20(27)17-25(9-8-24-10-12-28-13-11-24)16-19-5-3-7-26(19)15-18-4-1-2-6-21(18)23/h1-7,20,27H,8-17H2. The minimum absolute atomic E-state index is 0.191. The number of aliphatic hydroxyl groups is 1. The summed E-state index contributed by atoms with van der Waals surface area (Å²) in [4.78, 5) is 4.59. The van der Waals surface area contributed by atoms with E-state index >= 15 is 0 Å². The monoisotopic (exact) mass is 409 g/mol. The lowest BCUT2D eigenvalue weighted by molar-refractivity contribution is 0.0298. The molecule has 154 valence electrons. The largest absolute Gasteiger partial charge is 0.391 e. The second-order valence-electron chi connectivity index (χ2n) is 7.22. The second kappa shape index (κ2) is 10.9. The van der Waals surface area contributed by atoms with E-state index in [1.54, 1.807) is 6.07 Å². The molecule has 0 radical (unpaired) electrons. The summed E-state index contributed by atoms with van der Waals surface area (Å²) in [5.41, 5.74) is 1.76. The van der Waals surface area contributed by atoms with Crippen LogP contribution in [0.4, 0.5) is 4.39 Å². The van der Waals surface area contributed by atoms with E-state index in [1.165, 1.54) is 6.07 Å². The summed E-state index contributed by atoms with van der Waals surface area (Å²) < 4.78 is 21.5. The third kappa shape index (κ3) is 6.29. The maximum atomic E-state index is 14.0. The highest BCUT2D eigenvalue weighted by Crippen LogP contribution is 2.14. The van der Waals surface area contributed by atoms with Crippen LogP contribution in [0.3, 0.4) is 0 Å². The molecule has 1 aromatic carbocycles. The second-order valence-corrected chi connectivity index (χ2v) is 7.52. The average Bonchev–Trinajstić information content (AvgIpc) is 3.15. The molecule has 0 bridgehead atoms. The van der Waals surface area contributed by atoms with Gasteiger partial charge in [0.2, 0.25) is 0 Å². The molecule has 1 aliphatic rings. The van der Waals surface area contributed by atoms with E-state index in [9.17, 15) is 9.50 Å². The van der Waals surface area contributed by atoms with E-state index in [1.807, 2.05) is 24.4 Å². The van der Waals surface area contributed by atoms with Crippen LogP contribution in [-0.2, 0) is 17.8 Å². The SMILES string of the molecule is OC(CCl)CN(CCN1CCOCC1)Cc1cccn1Cc1ccccc1F. The van der Waals surface area contributed by atoms with E-state index in [0.717, 1.165) is 45.1 Å². The third-order valence-corrected chi connectivity index (χ3v) is 5.45. The maximum absolute atomic E-state index is 14.0. The number of halogens is 2. The maximum Gasteiger partial charge on any atom is 0.128 e. The minimum Gasteiger partial charge on any atom is -0.391 e. The van der Waals surface area contributed by atoms with Crippen molar-refractivity contribution < 1.29 is 14.2 Å². The highest BCUT2D eigenvalue weighted by atomic mass is 35.5. The first-order valence-corrected chi connectivity index (χ1v) is 10.3. The van der Waals surface area contributed by atoms with Gasteiger partial charge in [-0.1, -0.05) is 18.2 Å². The van der Waals surface area contributed by atoms with Gasteiger partial charge in [0.15, 0.2) is 0 Å². The minimum atomic E-state index is -0.568. The van der Waals surface area contributed by atoms with Crippen molar-refractivity contribution in [2.75, 3.05) is 51.8 Å². The Morgan fingerprint density at radius 2 is 1.96 bits per heavy atom. The van der Waals surface area contributed by atoms with E-state index in [0.29, 0.717) is 25.2 Å². The van der Waals surface area contributed by atoms with Crippen LogP contribution in [0, 0.1) is 5.82 Å². The van der Waals surface area contributed by atoms with Crippen LogP contribution in [0.5, 0.6) is 0 Å². The Hall–Kier alpha value is -1.44. The van der Waals surface area contributed by atoms with Gasteiger partial charge < -0.3 is 14.4 Å². The summed E-state index contributed by atoms with van der Waals surface area (Å²) >= 11 is 5.83. The molecule has 1 unspecified atom stereocenters. The molecule has 1 atom stereocenters. The number of benzene rings is 1. The lowest BCUT2D eigenvalue weighted by atomic mass is 10.2. The first-order valence-electron chi connectivity index (χ1n) is 9.79. The predicted octanol–water partition coefficient (Wildman–Crippen LogP) is 2.41. The van der Waals surface area contributed by atoms with Crippen LogP contribution in [-0.4, -0.2) is 77.4 Å². The third-order valence-electron chi connectivity index (χ3n) is 5.09. The zero-order valence-electron chi connectivity index (χ0n) is 16.1. The highest BCUT2D eigenvalue weighted by Gasteiger charge is 2.17. The van der Waals surface area contributed by atoms with E-state index in [-0.39, 0.29) is 11.7 Å². The summed E-state index contributed by atoms with van der Waals surface area (Å²) in [5, 5.41) is 10.1. The zero-order chi connectivity index (χ0) is 19.8. The van der Waals surface area contributed by atoms with Crippen molar-refractivity contribution in [2.24, 2.45) is 0 Å². The molecule has 1 aromatic heterocycles. The van der Waals surface area contributed by atoms with E-state index in [4.69, 9.17) is 16.3 Å². The normalized spacial score (nSPS) is 16.6. The highest BCUT2D eigenvalue weighted by molar-refractivity contribution is 6.18. The van der Waals surface area contributed by atoms with Crippen LogP contribution in [0.15, 0.2) is 42.6 Å². The summed E-state index contributed by atoms with van der Waals surface area (Å²) in [7, 11) is 0. The molecule has 7 heteroatoms. The molecule has 2 heterocycles. The molecule has 0 spiro atoms. The zero-order valence-corrected chi connectivity index (χ0v) is 16.9. The van der Waals surface area contributed by atoms with Gasteiger partial charge in [-0.2, -0.15) is 0 Å². The molecule has 1 N–H and O–H groups in total. The molecule has 1 fully saturated rings. The Morgan fingerprint density at radius 1 is 1.18 bits per heavy atom. The quantitative estimate of drug-likeness (QED) is 0.612. The molecule has 0 amide bonds. The van der Waals surface area contributed by atoms with Crippen molar-refractivity contribution in [3.05, 3.63) is 59.7 Å². The van der Waals surface area contributed by atoms with Crippen molar-refractivity contribution in [3.63, 3.8) is 0 Å². The summed E-state index contributed by atoms with van der Waals surface area (Å²) in [6, 6.07) is 10.9. The van der Waals surface area contributed by atoms with Gasteiger partial charge >= 0.3 is 0 Å². The fourth-order valence-electron chi connectivity index (χ4n) is 3.48. The molecule has 0 saturated carbocycles. The molecular weight excluding hydrogens is 381 g/mol. The van der Waals surface area contributed by atoms with Gasteiger partial charge in [-0.15, -0.1) is 11.6 Å². The molecule has 3 rings (SSSR count). The predicted molar refractivity (Wildman–Crippen MR) is 109 cm³/mol. The van der Waals surface area contributed by atoms with Crippen LogP contribution < -0.4 is 0 Å². The fourth-order valence-corrected chi connectivity index (χ4v) is 3.57. The Kier molecular flexibility index (Phi) is 8.30. The van der Waals surface area contributed by atoms with Crippen molar-refractivity contribution in [2.45, 2.75) is 19.2 Å². The summed E-state index contributed by atoms with van der Waals surface area (Å²) in [6.45, 7) is 6.87. The van der Waals surface area contributed by atoms with Crippen LogP contribution >= 0.6 is 11.6 Å². The van der Waals surface area contributed by atoms with Crippen LogP contribution in [0.2, 0.25) is 0 Å². The number of hydrogen-bond acceptors (Lipinski definition) is 4. The number of nitrogens with zero attached hydrogens (tertiary/aromatic N) is 3. The Balaban J connectivity index is 1.64. The van der Waals surface area contributed by atoms with E-state index in [2.05, 4.69) is 20.4 Å². The van der Waals surface area contributed by atoms with Crippen molar-refractivity contribution in [1.29, 1.82) is 0 Å². The summed E-state index contributed by atoms with van der Waals surface area (Å²) in [5.74, 6) is 0.0217. The molecule has 28 heavy (non-hydrogen) atoms. The van der Waals surface area contributed by atoms with Crippen LogP contribution in [0.25, 0.3) is 0 Å². The topological polar surface area (TPSA) is 40.9 Å². The molecule has 1 aliphatic heterocycles. The number of hydrogen-bond donors (Lipinski definition) is 1. The van der Waals surface area contributed by atoms with Crippen molar-refractivity contribution >= 4 is 11.6 Å². The number of rotatable bonds is 10. The van der Waals surface area contributed by atoms with Crippen molar-refractivity contribution in [3.8, 4) is 0 Å². The molecule has 0 aliphatic carbocycles. The fraction of sp³-hybridized carbons (Fsp3) is 0.524. The van der Waals surface area contributed by atoms with Gasteiger partial charge in [0.05, 0.1) is 25.9 Å². The number of alkyl halides is 1. The Labute approximate surface area is 171 Å². The summed E-state index contributed by atoms with van der Waals surface area (Å²) in [6.07, 6.45) is 1.40. The molecular formula is C21H29ClFN3O2. The molecule has 1 saturated heterocycles. The smallest absolute Gasteiger partial charge is 0.128 e. The molecule has 5 nitrogen and oxygen atoms in total. The lowest BCUT2D eigenvalue weighted by Gasteiger charge is -2.31. The molecule has 2 aromatic rings. The van der Waals surface area contributed by atoms with Gasteiger partial charge in [-0.05, 0) is 18.2 Å². The first-order chi connectivity index (χ1) is 13.7. The number of aliphatic hydroxyl groups excluding tert-OH is 1.